The first-order valence-corrected chi connectivity index (χ1v) is 9.21. The Morgan fingerprint density at radius 2 is 1.60 bits per heavy atom. The van der Waals surface area contributed by atoms with Crippen molar-refractivity contribution < 1.29 is 4.74 Å². The van der Waals surface area contributed by atoms with E-state index in [1.807, 2.05) is 0 Å². The average Bonchev–Trinajstić information content (AvgIpc) is 2.46. The Bertz CT molecular complexity index is 206. The number of ether oxygens (including phenoxy) is 1. The third-order valence-corrected chi connectivity index (χ3v) is 4.44. The Balaban J connectivity index is 1.88. The van der Waals surface area contributed by atoms with Gasteiger partial charge in [0, 0.05) is 12.6 Å². The lowest BCUT2D eigenvalue weighted by atomic mass is 10.00. The summed E-state index contributed by atoms with van der Waals surface area (Å²) in [6, 6.07) is 0.713. The lowest BCUT2D eigenvalue weighted by Crippen LogP contribution is -2.39. The van der Waals surface area contributed by atoms with Gasteiger partial charge in [-0.25, -0.2) is 0 Å². The zero-order valence-corrected chi connectivity index (χ0v) is 14.0. The average molecular weight is 284 g/mol. The van der Waals surface area contributed by atoms with Crippen molar-refractivity contribution in [2.45, 2.75) is 103 Å². The molecule has 0 saturated carbocycles. The maximum atomic E-state index is 5.80. The smallest absolute Gasteiger partial charge is 0.0589 e. The van der Waals surface area contributed by atoms with E-state index in [0.29, 0.717) is 12.1 Å². The van der Waals surface area contributed by atoms with Crippen molar-refractivity contribution in [2.75, 3.05) is 13.2 Å². The highest BCUT2D eigenvalue weighted by Crippen LogP contribution is 2.18. The molecule has 1 aliphatic heterocycles. The van der Waals surface area contributed by atoms with E-state index in [-0.39, 0.29) is 0 Å². The number of rotatable bonds is 12. The van der Waals surface area contributed by atoms with Crippen molar-refractivity contribution in [2.24, 2.45) is 0 Å². The van der Waals surface area contributed by atoms with Crippen LogP contribution in [0.25, 0.3) is 0 Å². The SMILES string of the molecule is CCCCCCCCCCNC1CCOC(CCC)C1. The van der Waals surface area contributed by atoms with Crippen LogP contribution >= 0.6 is 0 Å². The summed E-state index contributed by atoms with van der Waals surface area (Å²) in [6.07, 6.45) is 16.7. The van der Waals surface area contributed by atoms with Crippen LogP contribution in [0.5, 0.6) is 0 Å². The van der Waals surface area contributed by atoms with Crippen LogP contribution in [-0.2, 0) is 4.74 Å². The number of hydrogen-bond acceptors (Lipinski definition) is 2. The van der Waals surface area contributed by atoms with Crippen LogP contribution in [0, 0.1) is 0 Å². The first-order chi connectivity index (χ1) is 9.86. The van der Waals surface area contributed by atoms with Crippen LogP contribution in [0.2, 0.25) is 0 Å². The van der Waals surface area contributed by atoms with Crippen molar-refractivity contribution in [3.63, 3.8) is 0 Å². The lowest BCUT2D eigenvalue weighted by Gasteiger charge is -2.30. The van der Waals surface area contributed by atoms with Gasteiger partial charge in [0.15, 0.2) is 0 Å². The number of nitrogens with one attached hydrogen (secondary N) is 1. The van der Waals surface area contributed by atoms with Crippen LogP contribution in [0.4, 0.5) is 0 Å². The van der Waals surface area contributed by atoms with E-state index < -0.39 is 0 Å². The Morgan fingerprint density at radius 1 is 0.900 bits per heavy atom. The van der Waals surface area contributed by atoms with Crippen molar-refractivity contribution in [3.05, 3.63) is 0 Å². The van der Waals surface area contributed by atoms with E-state index in [9.17, 15) is 0 Å². The van der Waals surface area contributed by atoms with Gasteiger partial charge in [0.25, 0.3) is 0 Å². The molecule has 2 nitrogen and oxygen atoms in total. The normalized spacial score (nSPS) is 23.1. The van der Waals surface area contributed by atoms with Crippen molar-refractivity contribution in [1.29, 1.82) is 0 Å². The minimum absolute atomic E-state index is 0.518. The van der Waals surface area contributed by atoms with Gasteiger partial charge in [0.2, 0.25) is 0 Å². The summed E-state index contributed by atoms with van der Waals surface area (Å²) < 4.78 is 5.80. The molecule has 0 aromatic rings. The predicted octanol–water partition coefficient (Wildman–Crippen LogP) is 5.06. The van der Waals surface area contributed by atoms with Crippen LogP contribution in [-0.4, -0.2) is 25.3 Å². The molecule has 0 aliphatic carbocycles. The van der Waals surface area contributed by atoms with Gasteiger partial charge >= 0.3 is 0 Å². The van der Waals surface area contributed by atoms with Crippen molar-refractivity contribution >= 4 is 0 Å². The molecule has 1 heterocycles. The molecule has 0 bridgehead atoms. The zero-order valence-electron chi connectivity index (χ0n) is 14.0. The topological polar surface area (TPSA) is 21.3 Å². The van der Waals surface area contributed by atoms with Gasteiger partial charge in [-0.3, -0.25) is 0 Å². The van der Waals surface area contributed by atoms with Crippen molar-refractivity contribution in [1.82, 2.24) is 5.32 Å². The summed E-state index contributed by atoms with van der Waals surface area (Å²) in [6.45, 7) is 6.70. The van der Waals surface area contributed by atoms with Gasteiger partial charge in [-0.1, -0.05) is 65.2 Å². The Morgan fingerprint density at radius 3 is 2.30 bits per heavy atom. The van der Waals surface area contributed by atoms with Crippen LogP contribution in [0.1, 0.15) is 90.9 Å². The Hall–Kier alpha value is -0.0800. The van der Waals surface area contributed by atoms with Gasteiger partial charge < -0.3 is 10.1 Å². The maximum Gasteiger partial charge on any atom is 0.0589 e. The molecule has 0 aromatic carbocycles. The first-order valence-electron chi connectivity index (χ1n) is 9.21. The number of unbranched alkanes of at least 4 members (excludes halogenated alkanes) is 7. The van der Waals surface area contributed by atoms with Crippen LogP contribution in [0.15, 0.2) is 0 Å². The standard InChI is InChI=1S/C18H37NO/c1-3-5-6-7-8-9-10-11-14-19-17-13-15-20-18(16-17)12-4-2/h17-19H,3-16H2,1-2H3. The minimum atomic E-state index is 0.518. The highest BCUT2D eigenvalue weighted by Gasteiger charge is 2.20. The summed E-state index contributed by atoms with van der Waals surface area (Å²) in [5.74, 6) is 0. The molecule has 2 atom stereocenters. The Kier molecular flexibility index (Phi) is 11.4. The quantitative estimate of drug-likeness (QED) is 0.505. The molecule has 1 N–H and O–H groups in total. The molecule has 2 unspecified atom stereocenters. The second-order valence-corrected chi connectivity index (χ2v) is 6.43. The summed E-state index contributed by atoms with van der Waals surface area (Å²) in [4.78, 5) is 0. The highest BCUT2D eigenvalue weighted by atomic mass is 16.5. The van der Waals surface area contributed by atoms with Gasteiger partial charge in [-0.15, -0.1) is 0 Å². The molecule has 1 saturated heterocycles. The molecule has 0 amide bonds. The third-order valence-electron chi connectivity index (χ3n) is 4.44. The van der Waals surface area contributed by atoms with Crippen molar-refractivity contribution in [3.8, 4) is 0 Å². The van der Waals surface area contributed by atoms with Gasteiger partial charge in [-0.2, -0.15) is 0 Å². The minimum Gasteiger partial charge on any atom is -0.378 e. The fraction of sp³-hybridized carbons (Fsp3) is 1.00. The molecule has 120 valence electrons. The summed E-state index contributed by atoms with van der Waals surface area (Å²) in [5, 5.41) is 3.74. The fourth-order valence-electron chi connectivity index (χ4n) is 3.15. The van der Waals surface area contributed by atoms with E-state index in [0.717, 1.165) is 6.61 Å². The monoisotopic (exact) mass is 283 g/mol. The molecule has 0 aromatic heterocycles. The van der Waals surface area contributed by atoms with E-state index in [1.54, 1.807) is 0 Å². The largest absolute Gasteiger partial charge is 0.378 e. The summed E-state index contributed by atoms with van der Waals surface area (Å²) in [5.41, 5.74) is 0. The van der Waals surface area contributed by atoms with Gasteiger partial charge in [0.05, 0.1) is 6.10 Å². The third kappa shape index (κ3) is 8.97. The molecule has 0 spiro atoms. The van der Waals surface area contributed by atoms with Gasteiger partial charge in [0.1, 0.15) is 0 Å². The fourth-order valence-corrected chi connectivity index (χ4v) is 3.15. The molecule has 2 heteroatoms. The molecule has 1 rings (SSSR count). The lowest BCUT2D eigenvalue weighted by molar-refractivity contribution is -0.00311. The van der Waals surface area contributed by atoms with Gasteiger partial charge in [-0.05, 0) is 32.2 Å². The van der Waals surface area contributed by atoms with Crippen LogP contribution in [0.3, 0.4) is 0 Å². The van der Waals surface area contributed by atoms with E-state index in [2.05, 4.69) is 19.2 Å². The van der Waals surface area contributed by atoms with E-state index in [1.165, 1.54) is 83.6 Å². The predicted molar refractivity (Wildman–Crippen MR) is 88.3 cm³/mol. The van der Waals surface area contributed by atoms with E-state index in [4.69, 9.17) is 4.74 Å². The second-order valence-electron chi connectivity index (χ2n) is 6.43. The summed E-state index contributed by atoms with van der Waals surface area (Å²) >= 11 is 0. The van der Waals surface area contributed by atoms with E-state index >= 15 is 0 Å². The van der Waals surface area contributed by atoms with Crippen LogP contribution < -0.4 is 5.32 Å². The zero-order chi connectivity index (χ0) is 14.5. The maximum absolute atomic E-state index is 5.80. The molecule has 1 aliphatic rings. The molecule has 20 heavy (non-hydrogen) atoms. The molecular formula is C18H37NO. The molecular weight excluding hydrogens is 246 g/mol. The second kappa shape index (κ2) is 12.6. The molecule has 1 fully saturated rings. The molecule has 0 radical (unpaired) electrons. The Labute approximate surface area is 127 Å². The first kappa shape index (κ1) is 18.0. The summed E-state index contributed by atoms with van der Waals surface area (Å²) in [7, 11) is 0. The highest BCUT2D eigenvalue weighted by molar-refractivity contribution is 4.76. The number of hydrogen-bond donors (Lipinski definition) is 1.